The van der Waals surface area contributed by atoms with Crippen LogP contribution in [0.3, 0.4) is 0 Å². The minimum atomic E-state index is 0.551. The highest BCUT2D eigenvalue weighted by molar-refractivity contribution is 7.99. The fraction of sp³-hybridized carbons (Fsp3) is 0.647. The van der Waals surface area contributed by atoms with Crippen LogP contribution in [0.4, 0.5) is 0 Å². The number of hydrogen-bond acceptors (Lipinski definition) is 3. The Balaban J connectivity index is 1.80. The molecule has 2 saturated heterocycles. The molecule has 2 heterocycles. The summed E-state index contributed by atoms with van der Waals surface area (Å²) in [6.07, 6.45) is 1.36. The van der Waals surface area contributed by atoms with E-state index in [2.05, 4.69) is 66.2 Å². The summed E-state index contributed by atoms with van der Waals surface area (Å²) < 4.78 is 0. The molecule has 1 aromatic rings. The van der Waals surface area contributed by atoms with Gasteiger partial charge in [-0.05, 0) is 23.7 Å². The largest absolute Gasteiger partial charge is 0.311 e. The number of nitrogens with one attached hydrogen (secondary N) is 1. The molecule has 1 N–H and O–H groups in total. The zero-order chi connectivity index (χ0) is 13.9. The number of thioether (sulfide) groups is 1. The Morgan fingerprint density at radius 1 is 1.25 bits per heavy atom. The molecule has 110 valence electrons. The lowest BCUT2D eigenvalue weighted by Crippen LogP contribution is -2.57. The molecule has 3 atom stereocenters. The molecule has 0 bridgehead atoms. The third kappa shape index (κ3) is 3.05. The standard InChI is InChI=1S/C17H26N2S/c1-13(2)16-11-19(15-8-9-20-12-15)17(10-18-16)14-6-4-3-5-7-14/h3-7,13,15-18H,8-12H2,1-2H3. The molecule has 20 heavy (non-hydrogen) atoms. The topological polar surface area (TPSA) is 15.3 Å². The number of nitrogens with zero attached hydrogens (tertiary/aromatic N) is 1. The van der Waals surface area contributed by atoms with E-state index in [0.29, 0.717) is 18.0 Å². The summed E-state index contributed by atoms with van der Waals surface area (Å²) in [5.74, 6) is 3.36. The molecule has 2 nitrogen and oxygen atoms in total. The highest BCUT2D eigenvalue weighted by Crippen LogP contribution is 2.32. The Bertz CT molecular complexity index is 414. The summed E-state index contributed by atoms with van der Waals surface area (Å²) in [7, 11) is 0. The van der Waals surface area contributed by atoms with Gasteiger partial charge in [-0.3, -0.25) is 4.90 Å². The van der Waals surface area contributed by atoms with Gasteiger partial charge in [-0.2, -0.15) is 11.8 Å². The molecule has 0 radical (unpaired) electrons. The van der Waals surface area contributed by atoms with E-state index in [9.17, 15) is 0 Å². The van der Waals surface area contributed by atoms with E-state index in [-0.39, 0.29) is 0 Å². The summed E-state index contributed by atoms with van der Waals surface area (Å²) in [6.45, 7) is 6.96. The molecule has 0 amide bonds. The molecule has 2 aliphatic heterocycles. The SMILES string of the molecule is CC(C)C1CN(C2CCSC2)C(c2ccccc2)CN1. The maximum Gasteiger partial charge on any atom is 0.0476 e. The zero-order valence-corrected chi connectivity index (χ0v) is 13.4. The minimum absolute atomic E-state index is 0.551. The van der Waals surface area contributed by atoms with Gasteiger partial charge in [-0.1, -0.05) is 44.2 Å². The zero-order valence-electron chi connectivity index (χ0n) is 12.6. The summed E-state index contributed by atoms with van der Waals surface area (Å²) in [5, 5.41) is 3.77. The molecule has 3 unspecified atom stereocenters. The Morgan fingerprint density at radius 3 is 2.70 bits per heavy atom. The lowest BCUT2D eigenvalue weighted by atomic mass is 9.94. The van der Waals surface area contributed by atoms with Crippen molar-refractivity contribution in [1.29, 1.82) is 0 Å². The maximum atomic E-state index is 3.77. The van der Waals surface area contributed by atoms with Crippen LogP contribution in [0.2, 0.25) is 0 Å². The second-order valence-electron chi connectivity index (χ2n) is 6.40. The van der Waals surface area contributed by atoms with Crippen molar-refractivity contribution in [3.63, 3.8) is 0 Å². The third-order valence-corrected chi connectivity index (χ3v) is 5.89. The lowest BCUT2D eigenvalue weighted by molar-refractivity contribution is 0.0786. The lowest BCUT2D eigenvalue weighted by Gasteiger charge is -2.45. The van der Waals surface area contributed by atoms with E-state index < -0.39 is 0 Å². The van der Waals surface area contributed by atoms with Gasteiger partial charge in [0.2, 0.25) is 0 Å². The van der Waals surface area contributed by atoms with Crippen molar-refractivity contribution >= 4 is 11.8 Å². The van der Waals surface area contributed by atoms with Crippen LogP contribution in [0.15, 0.2) is 30.3 Å². The number of rotatable bonds is 3. The molecule has 0 aliphatic carbocycles. The van der Waals surface area contributed by atoms with E-state index in [0.717, 1.165) is 12.6 Å². The molecule has 0 saturated carbocycles. The molecule has 3 rings (SSSR count). The first-order chi connectivity index (χ1) is 9.75. The van der Waals surface area contributed by atoms with E-state index >= 15 is 0 Å². The summed E-state index contributed by atoms with van der Waals surface area (Å²) >= 11 is 2.12. The van der Waals surface area contributed by atoms with Gasteiger partial charge in [0, 0.05) is 37.0 Å². The minimum Gasteiger partial charge on any atom is -0.311 e. The van der Waals surface area contributed by atoms with Crippen LogP contribution in [0.1, 0.15) is 31.9 Å². The van der Waals surface area contributed by atoms with Gasteiger partial charge in [0.25, 0.3) is 0 Å². The van der Waals surface area contributed by atoms with Crippen molar-refractivity contribution in [2.75, 3.05) is 24.6 Å². The number of piperazine rings is 1. The highest BCUT2D eigenvalue weighted by Gasteiger charge is 2.35. The molecule has 0 aromatic heterocycles. The van der Waals surface area contributed by atoms with Crippen molar-refractivity contribution in [3.8, 4) is 0 Å². The normalized spacial score (nSPS) is 31.9. The monoisotopic (exact) mass is 290 g/mol. The molecular formula is C17H26N2S. The second kappa shape index (κ2) is 6.50. The van der Waals surface area contributed by atoms with Gasteiger partial charge in [0.05, 0.1) is 0 Å². The average Bonchev–Trinajstić information content (AvgIpc) is 3.01. The van der Waals surface area contributed by atoms with Crippen molar-refractivity contribution < 1.29 is 0 Å². The molecule has 2 aliphatic rings. The van der Waals surface area contributed by atoms with Crippen LogP contribution >= 0.6 is 11.8 Å². The van der Waals surface area contributed by atoms with Crippen molar-refractivity contribution in [1.82, 2.24) is 10.2 Å². The molecule has 0 spiro atoms. The first-order valence-corrected chi connectivity index (χ1v) is 9.03. The fourth-order valence-corrected chi connectivity index (χ4v) is 4.65. The maximum absolute atomic E-state index is 3.77. The van der Waals surface area contributed by atoms with E-state index in [1.807, 2.05) is 0 Å². The van der Waals surface area contributed by atoms with Crippen LogP contribution in [0, 0.1) is 5.92 Å². The Labute approximate surface area is 127 Å². The molecule has 2 fully saturated rings. The molecule has 3 heteroatoms. The summed E-state index contributed by atoms with van der Waals surface area (Å²) in [4.78, 5) is 2.79. The quantitative estimate of drug-likeness (QED) is 0.920. The van der Waals surface area contributed by atoms with Crippen molar-refractivity contribution in [3.05, 3.63) is 35.9 Å². The van der Waals surface area contributed by atoms with Gasteiger partial charge in [-0.15, -0.1) is 0 Å². The Hall–Kier alpha value is -0.510. The second-order valence-corrected chi connectivity index (χ2v) is 7.55. The molecule has 1 aromatic carbocycles. The number of hydrogen-bond donors (Lipinski definition) is 1. The van der Waals surface area contributed by atoms with Crippen LogP contribution < -0.4 is 5.32 Å². The van der Waals surface area contributed by atoms with Crippen molar-refractivity contribution in [2.45, 2.75) is 38.4 Å². The Morgan fingerprint density at radius 2 is 2.05 bits per heavy atom. The van der Waals surface area contributed by atoms with Crippen LogP contribution in [0.5, 0.6) is 0 Å². The van der Waals surface area contributed by atoms with Crippen molar-refractivity contribution in [2.24, 2.45) is 5.92 Å². The van der Waals surface area contributed by atoms with Gasteiger partial charge in [0.1, 0.15) is 0 Å². The number of benzene rings is 1. The van der Waals surface area contributed by atoms with E-state index in [1.165, 1.54) is 30.0 Å². The van der Waals surface area contributed by atoms with Crippen LogP contribution in [-0.4, -0.2) is 41.6 Å². The van der Waals surface area contributed by atoms with Crippen LogP contribution in [0.25, 0.3) is 0 Å². The first kappa shape index (κ1) is 14.4. The van der Waals surface area contributed by atoms with Gasteiger partial charge < -0.3 is 5.32 Å². The predicted molar refractivity (Wildman–Crippen MR) is 88.2 cm³/mol. The predicted octanol–water partition coefficient (Wildman–Crippen LogP) is 3.16. The Kier molecular flexibility index (Phi) is 4.69. The first-order valence-electron chi connectivity index (χ1n) is 7.87. The third-order valence-electron chi connectivity index (χ3n) is 4.74. The average molecular weight is 290 g/mol. The smallest absolute Gasteiger partial charge is 0.0476 e. The summed E-state index contributed by atoms with van der Waals surface area (Å²) in [6, 6.07) is 13.0. The van der Waals surface area contributed by atoms with Gasteiger partial charge in [-0.25, -0.2) is 0 Å². The highest BCUT2D eigenvalue weighted by atomic mass is 32.2. The van der Waals surface area contributed by atoms with E-state index in [4.69, 9.17) is 0 Å². The fourth-order valence-electron chi connectivity index (χ4n) is 3.42. The molecular weight excluding hydrogens is 264 g/mol. The van der Waals surface area contributed by atoms with E-state index in [1.54, 1.807) is 0 Å². The van der Waals surface area contributed by atoms with Gasteiger partial charge >= 0.3 is 0 Å². The summed E-state index contributed by atoms with van der Waals surface area (Å²) in [5.41, 5.74) is 1.47. The van der Waals surface area contributed by atoms with Gasteiger partial charge in [0.15, 0.2) is 0 Å². The van der Waals surface area contributed by atoms with Crippen LogP contribution in [-0.2, 0) is 0 Å².